The Morgan fingerprint density at radius 1 is 1.67 bits per heavy atom. The zero-order chi connectivity index (χ0) is 13.5. The van der Waals surface area contributed by atoms with Gasteiger partial charge in [-0.1, -0.05) is 12.7 Å². The summed E-state index contributed by atoms with van der Waals surface area (Å²) < 4.78 is 0. The number of thiazole rings is 1. The van der Waals surface area contributed by atoms with Crippen LogP contribution in [-0.2, 0) is 4.79 Å². The fourth-order valence-electron chi connectivity index (χ4n) is 1.30. The Kier molecular flexibility index (Phi) is 5.31. The summed E-state index contributed by atoms with van der Waals surface area (Å²) in [4.78, 5) is 15.2. The lowest BCUT2D eigenvalue weighted by molar-refractivity contribution is -0.136. The standard InChI is InChI=1S/C14H15NO2S/c1-4-5-6-7-12(8-13(16)17)11(3)14-15-10(2)9-18-14/h4,6-7,9H,3,8H2,1-2H3,(H,16,17)/b12-7-. The van der Waals surface area contributed by atoms with Crippen LogP contribution in [0, 0.1) is 6.92 Å². The van der Waals surface area contributed by atoms with E-state index in [4.69, 9.17) is 5.11 Å². The van der Waals surface area contributed by atoms with Crippen molar-refractivity contribution in [3.8, 4) is 0 Å². The maximum Gasteiger partial charge on any atom is 0.307 e. The van der Waals surface area contributed by atoms with Crippen molar-refractivity contribution in [2.24, 2.45) is 0 Å². The highest BCUT2D eigenvalue weighted by atomic mass is 32.1. The number of carboxylic acids is 1. The van der Waals surface area contributed by atoms with Crippen LogP contribution in [0.4, 0.5) is 0 Å². The molecule has 0 aliphatic heterocycles. The van der Waals surface area contributed by atoms with E-state index in [1.807, 2.05) is 19.2 Å². The van der Waals surface area contributed by atoms with E-state index in [1.54, 1.807) is 18.2 Å². The molecule has 1 N–H and O–H groups in total. The molecule has 1 aromatic rings. The van der Waals surface area contributed by atoms with E-state index in [9.17, 15) is 4.79 Å². The molecule has 0 aliphatic rings. The Morgan fingerprint density at radius 3 is 2.89 bits per heavy atom. The molecule has 1 rings (SSSR count). The molecule has 0 aliphatic carbocycles. The molecule has 0 amide bonds. The predicted octanol–water partition coefficient (Wildman–Crippen LogP) is 3.60. The molecule has 0 atom stereocenters. The van der Waals surface area contributed by atoms with Crippen LogP contribution < -0.4 is 0 Å². The minimum absolute atomic E-state index is 0.0701. The molecule has 0 unspecified atom stereocenters. The summed E-state index contributed by atoms with van der Waals surface area (Å²) in [7, 11) is 0. The zero-order valence-electron chi connectivity index (χ0n) is 10.4. The summed E-state index contributed by atoms with van der Waals surface area (Å²) in [6.07, 6.45) is 5.08. The van der Waals surface area contributed by atoms with Crippen LogP contribution in [0.25, 0.3) is 5.57 Å². The van der Waals surface area contributed by atoms with Crippen molar-refractivity contribution in [2.75, 3.05) is 0 Å². The van der Waals surface area contributed by atoms with Crippen LogP contribution in [0.15, 0.2) is 41.5 Å². The normalized spacial score (nSPS) is 10.7. The highest BCUT2D eigenvalue weighted by Crippen LogP contribution is 2.26. The van der Waals surface area contributed by atoms with Gasteiger partial charge in [0.25, 0.3) is 0 Å². The first-order chi connectivity index (χ1) is 8.54. The second kappa shape index (κ2) is 6.74. The maximum absolute atomic E-state index is 10.8. The van der Waals surface area contributed by atoms with E-state index in [0.717, 1.165) is 10.7 Å². The number of aromatic nitrogens is 1. The first-order valence-corrected chi connectivity index (χ1v) is 6.32. The topological polar surface area (TPSA) is 50.2 Å². The van der Waals surface area contributed by atoms with Gasteiger partial charge in [0.2, 0.25) is 0 Å². The minimum atomic E-state index is -0.885. The molecule has 1 aromatic heterocycles. The number of aryl methyl sites for hydroxylation is 1. The fraction of sp³-hybridized carbons (Fsp3) is 0.214. The van der Waals surface area contributed by atoms with Gasteiger partial charge in [-0.3, -0.25) is 4.79 Å². The third-order valence-corrected chi connectivity index (χ3v) is 3.17. The molecule has 94 valence electrons. The van der Waals surface area contributed by atoms with Gasteiger partial charge < -0.3 is 5.11 Å². The average molecular weight is 261 g/mol. The van der Waals surface area contributed by atoms with E-state index in [-0.39, 0.29) is 6.42 Å². The maximum atomic E-state index is 10.8. The van der Waals surface area contributed by atoms with E-state index >= 15 is 0 Å². The van der Waals surface area contributed by atoms with E-state index < -0.39 is 5.97 Å². The molecule has 0 saturated carbocycles. The third-order valence-electron chi connectivity index (χ3n) is 2.15. The molecule has 0 fully saturated rings. The lowest BCUT2D eigenvalue weighted by Crippen LogP contribution is -1.99. The number of hydrogen-bond donors (Lipinski definition) is 1. The number of carbonyl (C=O) groups is 1. The summed E-state index contributed by atoms with van der Waals surface area (Å²) in [5.74, 6) is -0.885. The van der Waals surface area contributed by atoms with E-state index in [1.165, 1.54) is 11.3 Å². The fourth-order valence-corrected chi connectivity index (χ4v) is 2.11. The Morgan fingerprint density at radius 2 is 2.39 bits per heavy atom. The molecule has 0 bridgehead atoms. The SMILES string of the molecule is C=C(/C(=C\C=C=CC)CC(=O)O)c1nc(C)cs1. The largest absolute Gasteiger partial charge is 0.481 e. The van der Waals surface area contributed by atoms with Crippen molar-refractivity contribution in [2.45, 2.75) is 20.3 Å². The van der Waals surface area contributed by atoms with Gasteiger partial charge in [-0.25, -0.2) is 4.98 Å². The molecular weight excluding hydrogens is 246 g/mol. The second-order valence-corrected chi connectivity index (χ2v) is 4.52. The van der Waals surface area contributed by atoms with Gasteiger partial charge >= 0.3 is 5.97 Å². The molecule has 4 heteroatoms. The van der Waals surface area contributed by atoms with E-state index in [0.29, 0.717) is 11.1 Å². The highest BCUT2D eigenvalue weighted by Gasteiger charge is 2.11. The number of carboxylic acid groups (broad SMARTS) is 1. The first-order valence-electron chi connectivity index (χ1n) is 5.44. The van der Waals surface area contributed by atoms with Crippen LogP contribution in [0.5, 0.6) is 0 Å². The van der Waals surface area contributed by atoms with E-state index in [2.05, 4.69) is 17.3 Å². The lowest BCUT2D eigenvalue weighted by Gasteiger charge is -2.04. The zero-order valence-corrected chi connectivity index (χ0v) is 11.3. The van der Waals surface area contributed by atoms with Crippen molar-refractivity contribution < 1.29 is 9.90 Å². The summed E-state index contributed by atoms with van der Waals surface area (Å²) in [6, 6.07) is 0. The Labute approximate surface area is 111 Å². The quantitative estimate of drug-likeness (QED) is 0.651. The Hall–Kier alpha value is -1.90. The summed E-state index contributed by atoms with van der Waals surface area (Å²) >= 11 is 1.47. The molecule has 3 nitrogen and oxygen atoms in total. The summed E-state index contributed by atoms with van der Waals surface area (Å²) in [6.45, 7) is 7.67. The molecule has 0 spiro atoms. The first kappa shape index (κ1) is 14.2. The van der Waals surface area contributed by atoms with Crippen molar-refractivity contribution in [1.29, 1.82) is 0 Å². The van der Waals surface area contributed by atoms with Crippen molar-refractivity contribution in [3.05, 3.63) is 52.2 Å². The van der Waals surface area contributed by atoms with Gasteiger partial charge in [-0.15, -0.1) is 17.1 Å². The van der Waals surface area contributed by atoms with Gasteiger partial charge in [0.05, 0.1) is 6.42 Å². The van der Waals surface area contributed by atoms with Crippen LogP contribution in [0.3, 0.4) is 0 Å². The minimum Gasteiger partial charge on any atom is -0.481 e. The number of hydrogen-bond acceptors (Lipinski definition) is 3. The predicted molar refractivity (Wildman–Crippen MR) is 74.5 cm³/mol. The van der Waals surface area contributed by atoms with Gasteiger partial charge in [-0.2, -0.15) is 0 Å². The van der Waals surface area contributed by atoms with Gasteiger partial charge in [0, 0.05) is 16.6 Å². The summed E-state index contributed by atoms with van der Waals surface area (Å²) in [5, 5.41) is 11.6. The molecule has 18 heavy (non-hydrogen) atoms. The van der Waals surface area contributed by atoms with Crippen molar-refractivity contribution in [3.63, 3.8) is 0 Å². The third kappa shape index (κ3) is 4.17. The molecule has 0 radical (unpaired) electrons. The van der Waals surface area contributed by atoms with Gasteiger partial charge in [-0.05, 0) is 31.6 Å². The van der Waals surface area contributed by atoms with Gasteiger partial charge in [0.15, 0.2) is 0 Å². The monoisotopic (exact) mass is 261 g/mol. The number of aliphatic carboxylic acids is 1. The van der Waals surface area contributed by atoms with Crippen LogP contribution in [0.2, 0.25) is 0 Å². The van der Waals surface area contributed by atoms with Crippen LogP contribution in [0.1, 0.15) is 24.0 Å². The summed E-state index contributed by atoms with van der Waals surface area (Å²) in [5.41, 5.74) is 5.10. The van der Waals surface area contributed by atoms with Crippen molar-refractivity contribution >= 4 is 22.9 Å². The smallest absolute Gasteiger partial charge is 0.307 e. The molecular formula is C14H15NO2S. The highest BCUT2D eigenvalue weighted by molar-refractivity contribution is 7.10. The van der Waals surface area contributed by atoms with Crippen LogP contribution in [-0.4, -0.2) is 16.1 Å². The Balaban J connectivity index is 3.03. The molecule has 0 aromatic carbocycles. The Bertz CT molecular complexity index is 546. The average Bonchev–Trinajstić information content (AvgIpc) is 2.73. The molecule has 0 saturated heterocycles. The number of nitrogens with zero attached hydrogens (tertiary/aromatic N) is 1. The number of rotatable bonds is 5. The van der Waals surface area contributed by atoms with Crippen molar-refractivity contribution in [1.82, 2.24) is 4.98 Å². The van der Waals surface area contributed by atoms with Gasteiger partial charge in [0.1, 0.15) is 5.01 Å². The number of allylic oxidation sites excluding steroid dienone is 3. The molecule has 1 heterocycles. The lowest BCUT2D eigenvalue weighted by atomic mass is 10.0. The second-order valence-electron chi connectivity index (χ2n) is 3.66. The van der Waals surface area contributed by atoms with Crippen LogP contribution >= 0.6 is 11.3 Å².